The van der Waals surface area contributed by atoms with Crippen LogP contribution in [0, 0.1) is 10.1 Å². The first-order valence-electron chi connectivity index (χ1n) is 6.14. The number of nitrogens with zero attached hydrogens (tertiary/aromatic N) is 1. The molecule has 0 heterocycles. The molecule has 19 heavy (non-hydrogen) atoms. The van der Waals surface area contributed by atoms with E-state index in [9.17, 15) is 19.7 Å². The largest absolute Gasteiger partial charge is 0.349 e. The second kappa shape index (κ2) is 5.60. The van der Waals surface area contributed by atoms with Gasteiger partial charge in [-0.2, -0.15) is 0 Å². The van der Waals surface area contributed by atoms with Crippen molar-refractivity contribution in [1.29, 1.82) is 0 Å². The Morgan fingerprint density at radius 3 is 2.53 bits per heavy atom. The van der Waals surface area contributed by atoms with Crippen molar-refractivity contribution < 1.29 is 14.5 Å². The number of carbonyl (C=O) groups is 2. The third kappa shape index (κ3) is 3.15. The summed E-state index contributed by atoms with van der Waals surface area (Å²) in [7, 11) is 0. The van der Waals surface area contributed by atoms with Crippen LogP contribution in [0.25, 0.3) is 0 Å². The van der Waals surface area contributed by atoms with Crippen molar-refractivity contribution in [2.75, 3.05) is 0 Å². The summed E-state index contributed by atoms with van der Waals surface area (Å²) >= 11 is 0. The molecule has 1 aliphatic rings. The van der Waals surface area contributed by atoms with Crippen LogP contribution in [0.15, 0.2) is 24.3 Å². The van der Waals surface area contributed by atoms with Gasteiger partial charge < -0.3 is 5.32 Å². The van der Waals surface area contributed by atoms with Gasteiger partial charge >= 0.3 is 0 Å². The normalized spacial score (nSPS) is 16.1. The van der Waals surface area contributed by atoms with E-state index in [-0.39, 0.29) is 23.1 Å². The summed E-state index contributed by atoms with van der Waals surface area (Å²) in [6.45, 7) is 0. The number of nitro benzene ring substituents is 1. The van der Waals surface area contributed by atoms with E-state index in [4.69, 9.17) is 0 Å². The lowest BCUT2D eigenvalue weighted by Crippen LogP contribution is -2.37. The fraction of sp³-hybridized carbons (Fsp3) is 0.385. The number of nitrogens with one attached hydrogen (secondary N) is 1. The van der Waals surface area contributed by atoms with Gasteiger partial charge in [-0.1, -0.05) is 12.1 Å². The van der Waals surface area contributed by atoms with Gasteiger partial charge in [0.25, 0.3) is 11.6 Å². The molecule has 6 heteroatoms. The van der Waals surface area contributed by atoms with E-state index >= 15 is 0 Å². The summed E-state index contributed by atoms with van der Waals surface area (Å²) in [6.07, 6.45) is 2.13. The molecule has 1 aromatic carbocycles. The van der Waals surface area contributed by atoms with Crippen LogP contribution in [-0.4, -0.2) is 22.7 Å². The molecule has 1 fully saturated rings. The maximum atomic E-state index is 12.0. The van der Waals surface area contributed by atoms with Gasteiger partial charge in [0.1, 0.15) is 11.3 Å². The standard InChI is InChI=1S/C13H14N2O4/c16-10-7-5-9(6-8-10)14-13(17)11-3-1-2-4-12(11)15(18)19/h1-4,9H,5-8H2,(H,14,17). The van der Waals surface area contributed by atoms with Crippen LogP contribution in [0.1, 0.15) is 36.0 Å². The monoisotopic (exact) mass is 262 g/mol. The molecule has 1 N–H and O–H groups in total. The number of Topliss-reactive ketones (excluding diaryl/α,β-unsaturated/α-hetero) is 1. The molecule has 6 nitrogen and oxygen atoms in total. The molecule has 0 atom stereocenters. The maximum Gasteiger partial charge on any atom is 0.282 e. The average Bonchev–Trinajstić information content (AvgIpc) is 2.41. The lowest BCUT2D eigenvalue weighted by atomic mass is 9.94. The second-order valence-electron chi connectivity index (χ2n) is 4.56. The molecule has 1 amide bonds. The van der Waals surface area contributed by atoms with Crippen LogP contribution in [0.4, 0.5) is 5.69 Å². The van der Waals surface area contributed by atoms with Crippen LogP contribution in [-0.2, 0) is 4.79 Å². The first-order valence-corrected chi connectivity index (χ1v) is 6.14. The highest BCUT2D eigenvalue weighted by Gasteiger charge is 2.24. The Bertz CT molecular complexity index is 517. The molecule has 0 aromatic heterocycles. The zero-order valence-electron chi connectivity index (χ0n) is 10.3. The Hall–Kier alpha value is -2.24. The Balaban J connectivity index is 2.08. The van der Waals surface area contributed by atoms with Crippen molar-refractivity contribution in [2.45, 2.75) is 31.7 Å². The molecule has 0 aliphatic heterocycles. The summed E-state index contributed by atoms with van der Waals surface area (Å²) in [5.41, 5.74) is -0.142. The molecular weight excluding hydrogens is 248 g/mol. The first kappa shape index (κ1) is 13.2. The van der Waals surface area contributed by atoms with E-state index in [0.717, 1.165) is 0 Å². The predicted molar refractivity (Wildman–Crippen MR) is 67.8 cm³/mol. The molecule has 100 valence electrons. The van der Waals surface area contributed by atoms with Gasteiger partial charge in [0, 0.05) is 24.9 Å². The van der Waals surface area contributed by atoms with E-state index in [1.165, 1.54) is 18.2 Å². The van der Waals surface area contributed by atoms with Crippen molar-refractivity contribution in [3.63, 3.8) is 0 Å². The van der Waals surface area contributed by atoms with E-state index < -0.39 is 10.8 Å². The van der Waals surface area contributed by atoms with Gasteiger partial charge in [0.15, 0.2) is 0 Å². The third-order valence-corrected chi connectivity index (χ3v) is 3.22. The molecule has 1 aromatic rings. The highest BCUT2D eigenvalue weighted by atomic mass is 16.6. The lowest BCUT2D eigenvalue weighted by Gasteiger charge is -2.22. The summed E-state index contributed by atoms with van der Waals surface area (Å²) in [5, 5.41) is 13.6. The molecule has 1 saturated carbocycles. The molecule has 0 spiro atoms. The number of carbonyl (C=O) groups excluding carboxylic acids is 2. The number of rotatable bonds is 3. The van der Waals surface area contributed by atoms with Gasteiger partial charge in [0.2, 0.25) is 0 Å². The van der Waals surface area contributed by atoms with Crippen molar-refractivity contribution in [1.82, 2.24) is 5.32 Å². The summed E-state index contributed by atoms with van der Waals surface area (Å²) in [5.74, 6) is -0.247. The summed E-state index contributed by atoms with van der Waals surface area (Å²) in [4.78, 5) is 33.4. The Morgan fingerprint density at radius 2 is 1.89 bits per heavy atom. The van der Waals surface area contributed by atoms with Gasteiger partial charge in [-0.3, -0.25) is 19.7 Å². The Kier molecular flexibility index (Phi) is 3.89. The first-order chi connectivity index (χ1) is 9.08. The highest BCUT2D eigenvalue weighted by molar-refractivity contribution is 5.98. The maximum absolute atomic E-state index is 12.0. The minimum Gasteiger partial charge on any atom is -0.349 e. The number of amides is 1. The number of nitro groups is 1. The van der Waals surface area contributed by atoms with Crippen LogP contribution in [0.2, 0.25) is 0 Å². The minimum atomic E-state index is -0.570. The Morgan fingerprint density at radius 1 is 1.26 bits per heavy atom. The number of ketones is 1. The average molecular weight is 262 g/mol. The van der Waals surface area contributed by atoms with Gasteiger partial charge in [0.05, 0.1) is 4.92 Å². The number of hydrogen-bond acceptors (Lipinski definition) is 4. The molecule has 1 aliphatic carbocycles. The van der Waals surface area contributed by atoms with E-state index in [1.807, 2.05) is 0 Å². The molecule has 0 saturated heterocycles. The summed E-state index contributed by atoms with van der Waals surface area (Å²) in [6, 6.07) is 5.77. The van der Waals surface area contributed by atoms with Gasteiger partial charge in [-0.05, 0) is 18.9 Å². The fourth-order valence-corrected chi connectivity index (χ4v) is 2.17. The van der Waals surface area contributed by atoms with Crippen LogP contribution >= 0.6 is 0 Å². The van der Waals surface area contributed by atoms with E-state index in [1.54, 1.807) is 6.07 Å². The Labute approximate surface area is 110 Å². The second-order valence-corrected chi connectivity index (χ2v) is 4.56. The minimum absolute atomic E-state index is 0.0596. The van der Waals surface area contributed by atoms with Crippen molar-refractivity contribution in [3.8, 4) is 0 Å². The fourth-order valence-electron chi connectivity index (χ4n) is 2.17. The molecule has 0 bridgehead atoms. The predicted octanol–water partition coefficient (Wildman–Crippen LogP) is 1.84. The van der Waals surface area contributed by atoms with Crippen LogP contribution < -0.4 is 5.32 Å². The van der Waals surface area contributed by atoms with Crippen molar-refractivity contribution in [2.24, 2.45) is 0 Å². The third-order valence-electron chi connectivity index (χ3n) is 3.22. The quantitative estimate of drug-likeness (QED) is 0.664. The SMILES string of the molecule is O=C1CCC(NC(=O)c2ccccc2[N+](=O)[O-])CC1. The molecule has 0 radical (unpaired) electrons. The molecule has 2 rings (SSSR count). The van der Waals surface area contributed by atoms with Gasteiger partial charge in [-0.15, -0.1) is 0 Å². The van der Waals surface area contributed by atoms with E-state index in [2.05, 4.69) is 5.32 Å². The molecular formula is C13H14N2O4. The zero-order chi connectivity index (χ0) is 13.8. The van der Waals surface area contributed by atoms with E-state index in [0.29, 0.717) is 25.7 Å². The summed E-state index contributed by atoms with van der Waals surface area (Å²) < 4.78 is 0. The van der Waals surface area contributed by atoms with Gasteiger partial charge in [-0.25, -0.2) is 0 Å². The highest BCUT2D eigenvalue weighted by Crippen LogP contribution is 2.19. The lowest BCUT2D eigenvalue weighted by molar-refractivity contribution is -0.385. The van der Waals surface area contributed by atoms with Crippen LogP contribution in [0.3, 0.4) is 0 Å². The van der Waals surface area contributed by atoms with Crippen molar-refractivity contribution in [3.05, 3.63) is 39.9 Å². The van der Waals surface area contributed by atoms with Crippen LogP contribution in [0.5, 0.6) is 0 Å². The zero-order valence-corrected chi connectivity index (χ0v) is 10.3. The smallest absolute Gasteiger partial charge is 0.282 e. The number of benzene rings is 1. The molecule has 0 unspecified atom stereocenters. The topological polar surface area (TPSA) is 89.3 Å². The number of para-hydroxylation sites is 1. The number of hydrogen-bond donors (Lipinski definition) is 1. The van der Waals surface area contributed by atoms with Crippen molar-refractivity contribution >= 4 is 17.4 Å².